The lowest BCUT2D eigenvalue weighted by Crippen LogP contribution is -2.73. The van der Waals surface area contributed by atoms with Gasteiger partial charge in [0.25, 0.3) is 20.1 Å². The van der Waals surface area contributed by atoms with Crippen LogP contribution >= 0.6 is 0 Å². The van der Waals surface area contributed by atoms with Crippen molar-refractivity contribution in [2.75, 3.05) is 46.5 Å². The molecule has 0 aromatic heterocycles. The third-order valence-electron chi connectivity index (χ3n) is 5.44. The molecule has 0 rings (SSSR count). The minimum atomic E-state index is -8.61. The number of halogens is 15. The second-order valence-corrected chi connectivity index (χ2v) is 12.7. The maximum atomic E-state index is 14.2. The highest BCUT2D eigenvalue weighted by atomic mass is 32.2. The molecule has 0 aliphatic carbocycles. The number of nitrogens with zero attached hydrogens (tertiary/aromatic N) is 2. The minimum Gasteiger partial charge on any atom is -0.328 e. The second-order valence-electron chi connectivity index (χ2n) is 9.09. The van der Waals surface area contributed by atoms with Gasteiger partial charge in [-0.3, -0.25) is 4.55 Å². The summed E-state index contributed by atoms with van der Waals surface area (Å²) in [5.41, 5.74) is 0. The summed E-state index contributed by atoms with van der Waals surface area (Å²) in [6, 6.07) is 0. The molecule has 0 aromatic carbocycles. The molecule has 40 heavy (non-hydrogen) atoms. The molecule has 0 heterocycles. The fraction of sp³-hybridized carbons (Fsp3) is 1.00. The fourth-order valence-corrected chi connectivity index (χ4v) is 4.65. The van der Waals surface area contributed by atoms with Crippen LogP contribution in [-0.2, 0) is 20.1 Å². The van der Waals surface area contributed by atoms with E-state index in [0.717, 1.165) is 0 Å². The Morgan fingerprint density at radius 3 is 1.35 bits per heavy atom. The SMILES string of the molecule is CN(CCC[N+](C)(C)CCCS(=O)(=O)O)S(=O)(=O)C(F)(F)C(F)(F)C(F)(F)C(F)(F)C(F)(F)C(F)(F)C(F)(F)F. The van der Waals surface area contributed by atoms with Crippen LogP contribution < -0.4 is 0 Å². The summed E-state index contributed by atoms with van der Waals surface area (Å²) < 4.78 is 253. The van der Waals surface area contributed by atoms with E-state index in [1.54, 1.807) is 0 Å². The summed E-state index contributed by atoms with van der Waals surface area (Å²) in [7, 11) is -8.95. The van der Waals surface area contributed by atoms with Gasteiger partial charge in [0.2, 0.25) is 0 Å². The van der Waals surface area contributed by atoms with Crippen LogP contribution in [0.1, 0.15) is 12.8 Å². The molecule has 7 nitrogen and oxygen atoms in total. The Bertz CT molecular complexity index is 1110. The molecule has 0 aliphatic rings. The van der Waals surface area contributed by atoms with Crippen LogP contribution in [0, 0.1) is 0 Å². The standard InChI is InChI=1S/C16H21F15N2O5S2/c1-32(6-4-7-33(2,3)8-5-9-39(34,35)36)40(37,38)16(30,31)14(25,26)12(21,22)10(17,18)11(19,20)13(23,24)15(27,28)29/h4-9H2,1-3H3/p+1. The Labute approximate surface area is 217 Å². The third-order valence-corrected chi connectivity index (χ3v) is 8.15. The van der Waals surface area contributed by atoms with Gasteiger partial charge in [-0.2, -0.15) is 78.6 Å². The molecule has 0 unspecified atom stereocenters. The number of quaternary nitrogens is 1. The van der Waals surface area contributed by atoms with Crippen LogP contribution in [0.3, 0.4) is 0 Å². The number of sulfonamides is 1. The van der Waals surface area contributed by atoms with Crippen LogP contribution in [0.4, 0.5) is 65.9 Å². The Morgan fingerprint density at radius 1 is 0.625 bits per heavy atom. The van der Waals surface area contributed by atoms with Gasteiger partial charge in [-0.25, -0.2) is 8.42 Å². The average molecular weight is 671 g/mol. The monoisotopic (exact) mass is 671 g/mol. The molecular formula is C16H22F15N2O5S2+. The van der Waals surface area contributed by atoms with E-state index in [1.807, 2.05) is 0 Å². The van der Waals surface area contributed by atoms with Crippen molar-refractivity contribution in [3.8, 4) is 0 Å². The van der Waals surface area contributed by atoms with E-state index in [-0.39, 0.29) is 31.0 Å². The smallest absolute Gasteiger partial charge is 0.328 e. The van der Waals surface area contributed by atoms with Gasteiger partial charge in [0.15, 0.2) is 0 Å². The maximum Gasteiger partial charge on any atom is 0.460 e. The Hall–Kier alpha value is -1.27. The number of hydrogen-bond donors (Lipinski definition) is 1. The predicted molar refractivity (Wildman–Crippen MR) is 105 cm³/mol. The molecule has 0 atom stereocenters. The van der Waals surface area contributed by atoms with Crippen molar-refractivity contribution in [3.63, 3.8) is 0 Å². The lowest BCUT2D eigenvalue weighted by atomic mass is 9.94. The Kier molecular flexibility index (Phi) is 10.7. The minimum absolute atomic E-state index is 0.0142. The van der Waals surface area contributed by atoms with Gasteiger partial charge in [-0.1, -0.05) is 0 Å². The van der Waals surface area contributed by atoms with E-state index >= 15 is 0 Å². The molecule has 0 radical (unpaired) electrons. The zero-order valence-electron chi connectivity index (χ0n) is 20.2. The van der Waals surface area contributed by atoms with E-state index in [9.17, 15) is 82.7 Å². The maximum absolute atomic E-state index is 14.2. The van der Waals surface area contributed by atoms with Gasteiger partial charge in [0.05, 0.1) is 32.9 Å². The predicted octanol–water partition coefficient (Wildman–Crippen LogP) is 4.32. The summed E-state index contributed by atoms with van der Waals surface area (Å²) in [5.74, 6) is -42.7. The molecule has 242 valence electrons. The van der Waals surface area contributed by atoms with Crippen LogP contribution in [0.5, 0.6) is 0 Å². The molecular weight excluding hydrogens is 649 g/mol. The van der Waals surface area contributed by atoms with Crippen molar-refractivity contribution in [3.05, 3.63) is 0 Å². The van der Waals surface area contributed by atoms with Crippen LogP contribution in [0.15, 0.2) is 0 Å². The highest BCUT2D eigenvalue weighted by molar-refractivity contribution is 7.90. The van der Waals surface area contributed by atoms with E-state index in [1.165, 1.54) is 14.1 Å². The summed E-state index contributed by atoms with van der Waals surface area (Å²) in [5, 5.41) is -7.48. The molecule has 1 N–H and O–H groups in total. The normalized spacial score (nSPS) is 16.1. The molecule has 24 heteroatoms. The molecule has 0 amide bonds. The molecule has 0 fully saturated rings. The Morgan fingerprint density at radius 2 is 0.975 bits per heavy atom. The molecule has 0 spiro atoms. The largest absolute Gasteiger partial charge is 0.460 e. The zero-order valence-corrected chi connectivity index (χ0v) is 21.8. The zero-order chi connectivity index (χ0) is 32.8. The number of rotatable bonds is 15. The molecule has 0 aliphatic heterocycles. The van der Waals surface area contributed by atoms with Crippen LogP contribution in [0.25, 0.3) is 0 Å². The van der Waals surface area contributed by atoms with Crippen molar-refractivity contribution in [2.45, 2.75) is 53.9 Å². The molecule has 0 saturated heterocycles. The number of alkyl halides is 15. The highest BCUT2D eigenvalue weighted by Gasteiger charge is 2.94. The fourth-order valence-electron chi connectivity index (χ4n) is 2.94. The van der Waals surface area contributed by atoms with E-state index < -0.39 is 84.2 Å². The second kappa shape index (κ2) is 11.1. The van der Waals surface area contributed by atoms with Crippen molar-refractivity contribution in [1.82, 2.24) is 4.31 Å². The summed E-state index contributed by atoms with van der Waals surface area (Å²) in [6.45, 7) is -1.65. The topological polar surface area (TPSA) is 91.8 Å². The first kappa shape index (κ1) is 38.7. The highest BCUT2D eigenvalue weighted by Crippen LogP contribution is 2.63. The van der Waals surface area contributed by atoms with Gasteiger partial charge in [-0.15, -0.1) is 0 Å². The summed E-state index contributed by atoms with van der Waals surface area (Å²) in [4.78, 5) is 0. The lowest BCUT2D eigenvalue weighted by molar-refractivity contribution is -0.890. The molecule has 0 bridgehead atoms. The van der Waals surface area contributed by atoms with Crippen LogP contribution in [-0.4, -0.2) is 118 Å². The van der Waals surface area contributed by atoms with Gasteiger partial charge in [0, 0.05) is 26.4 Å². The molecule has 0 saturated carbocycles. The first-order chi connectivity index (χ1) is 17.1. The Balaban J connectivity index is 6.11. The van der Waals surface area contributed by atoms with Crippen molar-refractivity contribution < 1.29 is 91.7 Å². The van der Waals surface area contributed by atoms with E-state index in [0.29, 0.717) is 0 Å². The van der Waals surface area contributed by atoms with Crippen molar-refractivity contribution in [1.29, 1.82) is 0 Å². The average Bonchev–Trinajstić information content (AvgIpc) is 2.70. The van der Waals surface area contributed by atoms with Crippen molar-refractivity contribution in [2.24, 2.45) is 0 Å². The quantitative estimate of drug-likeness (QED) is 0.159. The molecule has 0 aromatic rings. The first-order valence-electron chi connectivity index (χ1n) is 10.1. The summed E-state index contributed by atoms with van der Waals surface area (Å²) in [6.07, 6.45) is -8.59. The van der Waals surface area contributed by atoms with E-state index in [2.05, 4.69) is 0 Å². The van der Waals surface area contributed by atoms with E-state index in [4.69, 9.17) is 4.55 Å². The van der Waals surface area contributed by atoms with Gasteiger partial charge < -0.3 is 4.48 Å². The first-order valence-corrected chi connectivity index (χ1v) is 13.2. The third kappa shape index (κ3) is 6.85. The lowest BCUT2D eigenvalue weighted by Gasteiger charge is -2.41. The van der Waals surface area contributed by atoms with Crippen molar-refractivity contribution >= 4 is 20.1 Å². The van der Waals surface area contributed by atoms with Gasteiger partial charge in [0.1, 0.15) is 0 Å². The number of hydrogen-bond acceptors (Lipinski definition) is 4. The summed E-state index contributed by atoms with van der Waals surface area (Å²) >= 11 is 0. The van der Waals surface area contributed by atoms with Gasteiger partial charge in [-0.05, 0) is 0 Å². The van der Waals surface area contributed by atoms with Crippen LogP contribution in [0.2, 0.25) is 0 Å². The van der Waals surface area contributed by atoms with Gasteiger partial charge >= 0.3 is 41.0 Å².